The Morgan fingerprint density at radius 2 is 1.26 bits per heavy atom. The van der Waals surface area contributed by atoms with Crippen LogP contribution in [0, 0.1) is 9.49 Å². The molecule has 1 aromatic rings. The van der Waals surface area contributed by atoms with Crippen LogP contribution < -0.4 is 0 Å². The maximum Gasteiger partial charge on any atom is 0.0130 e. The molecule has 0 nitrogen and oxygen atoms in total. The first-order valence-corrected chi connectivity index (χ1v) is 11.2. The van der Waals surface area contributed by atoms with Crippen LogP contribution in [0.1, 0.15) is 95.5 Å². The third kappa shape index (κ3) is 9.12. The fourth-order valence-corrected chi connectivity index (χ4v) is 4.31. The van der Waals surface area contributed by atoms with Crippen LogP contribution in [-0.2, 0) is 6.42 Å². The molecule has 0 aromatic heterocycles. The highest BCUT2D eigenvalue weighted by atomic mass is 127. The lowest BCUT2D eigenvalue weighted by atomic mass is 9.85. The second kappa shape index (κ2) is 12.3. The van der Waals surface area contributed by atoms with Gasteiger partial charge in [0, 0.05) is 3.57 Å². The topological polar surface area (TPSA) is 0 Å². The molecule has 2 rings (SSSR count). The van der Waals surface area contributed by atoms with Crippen molar-refractivity contribution in [3.05, 3.63) is 33.4 Å². The molecule has 1 aliphatic rings. The van der Waals surface area contributed by atoms with Crippen LogP contribution in [-0.4, -0.2) is 0 Å². The van der Waals surface area contributed by atoms with Crippen molar-refractivity contribution in [2.75, 3.05) is 0 Å². The van der Waals surface area contributed by atoms with E-state index in [2.05, 4.69) is 46.9 Å². The van der Waals surface area contributed by atoms with Crippen molar-refractivity contribution in [3.8, 4) is 0 Å². The number of rotatable bonds is 11. The van der Waals surface area contributed by atoms with E-state index in [-0.39, 0.29) is 0 Å². The number of hydrogen-bond acceptors (Lipinski definition) is 0. The first kappa shape index (κ1) is 19.3. The molecule has 1 aromatic carbocycles. The van der Waals surface area contributed by atoms with Crippen LogP contribution in [0.4, 0.5) is 0 Å². The molecule has 1 heteroatoms. The van der Waals surface area contributed by atoms with Crippen LogP contribution in [0.2, 0.25) is 0 Å². The highest BCUT2D eigenvalue weighted by molar-refractivity contribution is 14.1. The van der Waals surface area contributed by atoms with Crippen LogP contribution in [0.15, 0.2) is 24.3 Å². The number of hydrogen-bond donors (Lipinski definition) is 0. The highest BCUT2D eigenvalue weighted by Crippen LogP contribution is 2.28. The smallest absolute Gasteiger partial charge is 0.0130 e. The van der Waals surface area contributed by atoms with E-state index < -0.39 is 0 Å². The number of benzene rings is 1. The molecule has 1 aliphatic carbocycles. The van der Waals surface area contributed by atoms with Gasteiger partial charge in [-0.05, 0) is 59.0 Å². The zero-order chi connectivity index (χ0) is 16.2. The normalized spacial score (nSPS) is 15.9. The van der Waals surface area contributed by atoms with Gasteiger partial charge in [-0.1, -0.05) is 95.6 Å². The van der Waals surface area contributed by atoms with Gasteiger partial charge in [-0.25, -0.2) is 0 Å². The molecule has 0 unspecified atom stereocenters. The number of halogens is 1. The molecule has 0 saturated heterocycles. The summed E-state index contributed by atoms with van der Waals surface area (Å²) < 4.78 is 1.34. The van der Waals surface area contributed by atoms with Crippen molar-refractivity contribution < 1.29 is 0 Å². The van der Waals surface area contributed by atoms with E-state index in [4.69, 9.17) is 0 Å². The van der Waals surface area contributed by atoms with Gasteiger partial charge in [0.25, 0.3) is 0 Å². The van der Waals surface area contributed by atoms with Crippen molar-refractivity contribution in [1.29, 1.82) is 0 Å². The van der Waals surface area contributed by atoms with E-state index in [0.717, 1.165) is 5.92 Å². The lowest BCUT2D eigenvalue weighted by molar-refractivity contribution is 0.328. The quantitative estimate of drug-likeness (QED) is 0.249. The van der Waals surface area contributed by atoms with Crippen LogP contribution >= 0.6 is 22.6 Å². The predicted octanol–water partition coefficient (Wildman–Crippen LogP) is 7.92. The molecule has 0 atom stereocenters. The van der Waals surface area contributed by atoms with Crippen molar-refractivity contribution >= 4 is 22.6 Å². The molecule has 0 heterocycles. The van der Waals surface area contributed by atoms with Gasteiger partial charge in [-0.2, -0.15) is 0 Å². The molecule has 23 heavy (non-hydrogen) atoms. The van der Waals surface area contributed by atoms with E-state index in [1.807, 2.05) is 0 Å². The number of aryl methyl sites for hydroxylation is 1. The summed E-state index contributed by atoms with van der Waals surface area (Å²) in [5.74, 6) is 1.09. The Labute approximate surface area is 158 Å². The molecule has 0 N–H and O–H groups in total. The molecule has 0 amide bonds. The Morgan fingerprint density at radius 3 is 1.91 bits per heavy atom. The van der Waals surface area contributed by atoms with Gasteiger partial charge in [0.15, 0.2) is 0 Å². The molecule has 1 fully saturated rings. The van der Waals surface area contributed by atoms with Crippen molar-refractivity contribution in [2.45, 2.75) is 96.3 Å². The fourth-order valence-electron chi connectivity index (χ4n) is 3.95. The highest BCUT2D eigenvalue weighted by Gasteiger charge is 2.12. The van der Waals surface area contributed by atoms with E-state index >= 15 is 0 Å². The summed E-state index contributed by atoms with van der Waals surface area (Å²) in [6, 6.07) is 9.02. The van der Waals surface area contributed by atoms with E-state index in [1.54, 1.807) is 0 Å². The van der Waals surface area contributed by atoms with Crippen molar-refractivity contribution in [3.63, 3.8) is 0 Å². The average molecular weight is 426 g/mol. The molecule has 0 spiro atoms. The van der Waals surface area contributed by atoms with Gasteiger partial charge in [0.05, 0.1) is 0 Å². The lowest BCUT2D eigenvalue weighted by Gasteiger charge is -2.21. The Morgan fingerprint density at radius 1 is 0.696 bits per heavy atom. The maximum atomic E-state index is 2.38. The fraction of sp³-hybridized carbons (Fsp3) is 0.727. The summed E-state index contributed by atoms with van der Waals surface area (Å²) in [5, 5.41) is 0. The van der Waals surface area contributed by atoms with Gasteiger partial charge in [-0.15, -0.1) is 0 Å². The SMILES string of the molecule is Ic1ccc(CCCCCCCCCCC2CCCCC2)cc1. The van der Waals surface area contributed by atoms with Gasteiger partial charge >= 0.3 is 0 Å². The summed E-state index contributed by atoms with van der Waals surface area (Å²) >= 11 is 2.38. The summed E-state index contributed by atoms with van der Waals surface area (Å²) in [7, 11) is 0. The summed E-state index contributed by atoms with van der Waals surface area (Å²) in [6.07, 6.45) is 21.9. The van der Waals surface area contributed by atoms with Gasteiger partial charge in [0.2, 0.25) is 0 Å². The minimum Gasteiger partial charge on any atom is -0.0580 e. The molecule has 1 saturated carbocycles. The summed E-state index contributed by atoms with van der Waals surface area (Å²) in [6.45, 7) is 0. The van der Waals surface area contributed by atoms with Gasteiger partial charge < -0.3 is 0 Å². The second-order valence-electron chi connectivity index (χ2n) is 7.50. The third-order valence-electron chi connectivity index (χ3n) is 5.47. The van der Waals surface area contributed by atoms with E-state index in [9.17, 15) is 0 Å². The molecule has 0 bridgehead atoms. The maximum absolute atomic E-state index is 2.38. The Hall–Kier alpha value is -0.0500. The van der Waals surface area contributed by atoms with Crippen molar-refractivity contribution in [1.82, 2.24) is 0 Å². The molecular weight excluding hydrogens is 391 g/mol. The summed E-state index contributed by atoms with van der Waals surface area (Å²) in [5.41, 5.74) is 1.51. The van der Waals surface area contributed by atoms with Gasteiger partial charge in [-0.3, -0.25) is 0 Å². The summed E-state index contributed by atoms with van der Waals surface area (Å²) in [4.78, 5) is 0. The standard InChI is InChI=1S/C22H35I/c23-22-18-16-21(17-19-22)15-9-6-4-2-1-3-5-8-12-20-13-10-7-11-14-20/h16-20H,1-15H2. The van der Waals surface area contributed by atoms with Crippen molar-refractivity contribution in [2.24, 2.45) is 5.92 Å². The van der Waals surface area contributed by atoms with E-state index in [0.29, 0.717) is 0 Å². The van der Waals surface area contributed by atoms with E-state index in [1.165, 1.54) is 105 Å². The Bertz CT molecular complexity index is 389. The zero-order valence-electron chi connectivity index (χ0n) is 14.9. The largest absolute Gasteiger partial charge is 0.0580 e. The van der Waals surface area contributed by atoms with Crippen LogP contribution in [0.5, 0.6) is 0 Å². The Balaban J connectivity index is 1.34. The zero-order valence-corrected chi connectivity index (χ0v) is 17.0. The minimum absolute atomic E-state index is 1.09. The van der Waals surface area contributed by atoms with Crippen LogP contribution in [0.25, 0.3) is 0 Å². The molecular formula is C22H35I. The minimum atomic E-state index is 1.09. The first-order chi connectivity index (χ1) is 11.3. The predicted molar refractivity (Wildman–Crippen MR) is 111 cm³/mol. The number of unbranched alkanes of at least 4 members (excludes halogenated alkanes) is 7. The third-order valence-corrected chi connectivity index (χ3v) is 6.18. The molecule has 130 valence electrons. The lowest BCUT2D eigenvalue weighted by Crippen LogP contribution is -2.05. The van der Waals surface area contributed by atoms with Crippen LogP contribution in [0.3, 0.4) is 0 Å². The second-order valence-corrected chi connectivity index (χ2v) is 8.74. The monoisotopic (exact) mass is 426 g/mol. The van der Waals surface area contributed by atoms with Gasteiger partial charge in [0.1, 0.15) is 0 Å². The first-order valence-electron chi connectivity index (χ1n) is 10.1. The Kier molecular flexibility index (Phi) is 10.3. The molecule has 0 aliphatic heterocycles. The molecule has 0 radical (unpaired) electrons. The average Bonchev–Trinajstić information content (AvgIpc) is 2.59.